The Morgan fingerprint density at radius 3 is 2.45 bits per heavy atom. The first kappa shape index (κ1) is 20.1. The third-order valence-electron chi connectivity index (χ3n) is 3.91. The number of amides is 2. The number of hydrogen-bond acceptors (Lipinski definition) is 7. The molecule has 2 amide bonds. The fourth-order valence-corrected chi connectivity index (χ4v) is 2.87. The quantitative estimate of drug-likeness (QED) is 0.427. The topological polar surface area (TPSA) is 145 Å². The zero-order valence-electron chi connectivity index (χ0n) is 15.3. The minimum absolute atomic E-state index is 0.115. The summed E-state index contributed by atoms with van der Waals surface area (Å²) in [6.07, 6.45) is 1.31. The maximum absolute atomic E-state index is 11.8. The number of rotatable bonds is 7. The van der Waals surface area contributed by atoms with Gasteiger partial charge < -0.3 is 26.8 Å². The number of ether oxygens (including phenoxy) is 1. The van der Waals surface area contributed by atoms with Crippen molar-refractivity contribution in [1.29, 1.82) is 0 Å². The van der Waals surface area contributed by atoms with E-state index >= 15 is 0 Å². The average Bonchev–Trinajstić information content (AvgIpc) is 2.69. The Morgan fingerprint density at radius 1 is 1.03 bits per heavy atom. The van der Waals surface area contributed by atoms with Gasteiger partial charge in [-0.05, 0) is 46.3 Å². The molecule has 9 nitrogen and oxygen atoms in total. The number of para-hydroxylation sites is 1. The minimum Gasteiger partial charge on any atom is -0.495 e. The second kappa shape index (κ2) is 8.57. The van der Waals surface area contributed by atoms with E-state index < -0.39 is 11.8 Å². The summed E-state index contributed by atoms with van der Waals surface area (Å²) in [4.78, 5) is 31.7. The summed E-state index contributed by atoms with van der Waals surface area (Å²) in [7, 11) is 1.49. The van der Waals surface area contributed by atoms with Crippen molar-refractivity contribution in [2.75, 3.05) is 17.7 Å². The van der Waals surface area contributed by atoms with Gasteiger partial charge in [0.1, 0.15) is 17.1 Å². The van der Waals surface area contributed by atoms with Crippen LogP contribution in [0.2, 0.25) is 0 Å². The fourth-order valence-electron chi connectivity index (χ4n) is 2.49. The largest absolute Gasteiger partial charge is 0.495 e. The molecule has 0 unspecified atom stereocenters. The summed E-state index contributed by atoms with van der Waals surface area (Å²) in [5, 5.41) is 6.03. The van der Waals surface area contributed by atoms with Gasteiger partial charge in [-0.2, -0.15) is 4.98 Å². The molecule has 3 aromatic rings. The molecule has 0 saturated heterocycles. The van der Waals surface area contributed by atoms with E-state index in [0.717, 1.165) is 4.47 Å². The van der Waals surface area contributed by atoms with E-state index in [2.05, 4.69) is 36.5 Å². The molecule has 0 spiro atoms. The zero-order valence-corrected chi connectivity index (χ0v) is 16.9. The molecule has 0 aliphatic heterocycles. The molecule has 1 aromatic heterocycles. The lowest BCUT2D eigenvalue weighted by Gasteiger charge is -2.14. The van der Waals surface area contributed by atoms with E-state index in [1.165, 1.54) is 19.4 Å². The summed E-state index contributed by atoms with van der Waals surface area (Å²) in [6.45, 7) is 0. The molecule has 0 atom stereocenters. The Bertz CT molecular complexity index is 1090. The van der Waals surface area contributed by atoms with Gasteiger partial charge in [0.15, 0.2) is 0 Å². The standard InChI is InChI=1S/C19H17BrN6O3/c1-29-15-7-6-10(16(21)27)8-14(15)25-19-23-9-11(17(22)28)18(26-19)24-13-5-3-2-4-12(13)20/h2-9H,1H3,(H2,21,27)(H2,22,28)(H2,23,24,25,26). The molecule has 0 aliphatic rings. The van der Waals surface area contributed by atoms with Crippen LogP contribution in [-0.2, 0) is 0 Å². The highest BCUT2D eigenvalue weighted by Crippen LogP contribution is 2.30. The lowest BCUT2D eigenvalue weighted by atomic mass is 10.2. The van der Waals surface area contributed by atoms with Gasteiger partial charge in [-0.25, -0.2) is 4.98 Å². The predicted octanol–water partition coefficient (Wildman–Crippen LogP) is 2.93. The van der Waals surface area contributed by atoms with Crippen LogP contribution in [-0.4, -0.2) is 28.9 Å². The van der Waals surface area contributed by atoms with Crippen LogP contribution in [0.5, 0.6) is 5.75 Å². The molecule has 1 heterocycles. The number of halogens is 1. The van der Waals surface area contributed by atoms with Crippen molar-refractivity contribution in [3.63, 3.8) is 0 Å². The molecule has 148 valence electrons. The lowest BCUT2D eigenvalue weighted by molar-refractivity contribution is 0.0992. The molecule has 0 radical (unpaired) electrons. The Balaban J connectivity index is 1.99. The van der Waals surface area contributed by atoms with Gasteiger partial charge in [0.05, 0.1) is 18.5 Å². The van der Waals surface area contributed by atoms with Crippen molar-refractivity contribution < 1.29 is 14.3 Å². The van der Waals surface area contributed by atoms with Crippen molar-refractivity contribution in [2.24, 2.45) is 11.5 Å². The number of carbonyl (C=O) groups excluding carboxylic acids is 2. The highest BCUT2D eigenvalue weighted by molar-refractivity contribution is 9.10. The zero-order chi connectivity index (χ0) is 21.0. The molecule has 0 bridgehead atoms. The number of nitrogens with one attached hydrogen (secondary N) is 2. The van der Waals surface area contributed by atoms with Crippen LogP contribution in [0.25, 0.3) is 0 Å². The maximum atomic E-state index is 11.8. The first-order valence-corrected chi connectivity index (χ1v) is 9.11. The number of methoxy groups -OCH3 is 1. The number of anilines is 4. The molecular formula is C19H17BrN6O3. The number of benzene rings is 2. The van der Waals surface area contributed by atoms with E-state index in [0.29, 0.717) is 17.1 Å². The van der Waals surface area contributed by atoms with Gasteiger partial charge in [0, 0.05) is 16.2 Å². The summed E-state index contributed by atoms with van der Waals surface area (Å²) in [5.74, 6) is -0.439. The van der Waals surface area contributed by atoms with Crippen LogP contribution in [0.15, 0.2) is 53.1 Å². The van der Waals surface area contributed by atoms with Crippen molar-refractivity contribution in [3.8, 4) is 5.75 Å². The summed E-state index contributed by atoms with van der Waals surface area (Å²) < 4.78 is 6.07. The SMILES string of the molecule is COc1ccc(C(N)=O)cc1Nc1ncc(C(N)=O)c(Nc2ccccc2Br)n1. The minimum atomic E-state index is -0.681. The second-order valence-electron chi connectivity index (χ2n) is 5.83. The van der Waals surface area contributed by atoms with E-state index in [1.54, 1.807) is 12.1 Å². The highest BCUT2D eigenvalue weighted by Gasteiger charge is 2.15. The smallest absolute Gasteiger partial charge is 0.254 e. The van der Waals surface area contributed by atoms with Crippen LogP contribution in [0.1, 0.15) is 20.7 Å². The van der Waals surface area contributed by atoms with E-state index in [-0.39, 0.29) is 22.9 Å². The Morgan fingerprint density at radius 2 is 1.79 bits per heavy atom. The van der Waals surface area contributed by atoms with Crippen molar-refractivity contribution >= 4 is 50.9 Å². The monoisotopic (exact) mass is 456 g/mol. The molecule has 2 aromatic carbocycles. The van der Waals surface area contributed by atoms with E-state index in [4.69, 9.17) is 16.2 Å². The number of nitrogens with two attached hydrogens (primary N) is 2. The van der Waals surface area contributed by atoms with E-state index in [1.807, 2.05) is 24.3 Å². The molecule has 0 aliphatic carbocycles. The van der Waals surface area contributed by atoms with Crippen LogP contribution < -0.4 is 26.8 Å². The van der Waals surface area contributed by atoms with E-state index in [9.17, 15) is 9.59 Å². The molecule has 0 saturated carbocycles. The van der Waals surface area contributed by atoms with Gasteiger partial charge in [-0.15, -0.1) is 0 Å². The summed E-state index contributed by atoms with van der Waals surface area (Å²) in [6, 6.07) is 12.0. The Labute approximate surface area is 174 Å². The first-order chi connectivity index (χ1) is 13.9. The number of aromatic nitrogens is 2. The highest BCUT2D eigenvalue weighted by atomic mass is 79.9. The van der Waals surface area contributed by atoms with Crippen molar-refractivity contribution in [2.45, 2.75) is 0 Å². The predicted molar refractivity (Wildman–Crippen MR) is 113 cm³/mol. The molecule has 0 fully saturated rings. The van der Waals surface area contributed by atoms with Gasteiger partial charge in [-0.3, -0.25) is 9.59 Å². The summed E-state index contributed by atoms with van der Waals surface area (Å²) in [5.41, 5.74) is 12.3. The third-order valence-corrected chi connectivity index (χ3v) is 4.60. The van der Waals surface area contributed by atoms with Gasteiger partial charge in [0.2, 0.25) is 11.9 Å². The fraction of sp³-hybridized carbons (Fsp3) is 0.0526. The summed E-state index contributed by atoms with van der Waals surface area (Å²) >= 11 is 3.43. The maximum Gasteiger partial charge on any atom is 0.254 e. The van der Waals surface area contributed by atoms with Crippen LogP contribution in [0.3, 0.4) is 0 Å². The second-order valence-corrected chi connectivity index (χ2v) is 6.68. The first-order valence-electron chi connectivity index (χ1n) is 8.32. The van der Waals surface area contributed by atoms with Crippen molar-refractivity contribution in [1.82, 2.24) is 9.97 Å². The molecule has 6 N–H and O–H groups in total. The van der Waals surface area contributed by atoms with Crippen LogP contribution in [0, 0.1) is 0 Å². The number of primary amides is 2. The Hall–Kier alpha value is -3.66. The third kappa shape index (κ3) is 4.61. The number of hydrogen-bond donors (Lipinski definition) is 4. The van der Waals surface area contributed by atoms with Gasteiger partial charge in [-0.1, -0.05) is 12.1 Å². The molecule has 10 heteroatoms. The number of nitrogens with zero attached hydrogens (tertiary/aromatic N) is 2. The molecule has 3 rings (SSSR count). The van der Waals surface area contributed by atoms with Crippen LogP contribution >= 0.6 is 15.9 Å². The molecule has 29 heavy (non-hydrogen) atoms. The number of carbonyl (C=O) groups is 2. The lowest BCUT2D eigenvalue weighted by Crippen LogP contribution is -2.16. The van der Waals surface area contributed by atoms with Crippen LogP contribution in [0.4, 0.5) is 23.1 Å². The van der Waals surface area contributed by atoms with Crippen molar-refractivity contribution in [3.05, 3.63) is 64.3 Å². The average molecular weight is 457 g/mol. The molecular weight excluding hydrogens is 440 g/mol. The van der Waals surface area contributed by atoms with Gasteiger partial charge in [0.25, 0.3) is 5.91 Å². The Kier molecular flexibility index (Phi) is 5.93. The van der Waals surface area contributed by atoms with Gasteiger partial charge >= 0.3 is 0 Å². The normalized spacial score (nSPS) is 10.3.